The van der Waals surface area contributed by atoms with E-state index in [0.717, 1.165) is 6.07 Å². The van der Waals surface area contributed by atoms with Crippen LogP contribution in [0.5, 0.6) is 0 Å². The van der Waals surface area contributed by atoms with Crippen molar-refractivity contribution in [1.29, 1.82) is 5.26 Å². The zero-order chi connectivity index (χ0) is 10.6. The molecular formula is C9H6F2N2O. The molecule has 0 atom stereocenters. The van der Waals surface area contributed by atoms with Crippen LogP contribution in [-0.2, 0) is 11.2 Å². The number of nitrogens with one attached hydrogen (secondary N) is 1. The third-order valence-electron chi connectivity index (χ3n) is 1.58. The zero-order valence-electron chi connectivity index (χ0n) is 7.05. The number of nitrogens with zero attached hydrogens (tertiary/aromatic N) is 1. The lowest BCUT2D eigenvalue weighted by Crippen LogP contribution is -2.20. The summed E-state index contributed by atoms with van der Waals surface area (Å²) < 4.78 is 25.6. The molecule has 0 bridgehead atoms. The van der Waals surface area contributed by atoms with Crippen molar-refractivity contribution in [2.75, 3.05) is 0 Å². The molecule has 0 aliphatic carbocycles. The Labute approximate surface area is 79.0 Å². The Hall–Kier alpha value is -1.96. The molecule has 0 heterocycles. The summed E-state index contributed by atoms with van der Waals surface area (Å²) in [5.74, 6) is -2.73. The normalized spacial score (nSPS) is 9.21. The number of nitriles is 1. The van der Waals surface area contributed by atoms with Gasteiger partial charge in [0.05, 0.1) is 6.42 Å². The van der Waals surface area contributed by atoms with Gasteiger partial charge in [0.15, 0.2) is 17.8 Å². The van der Waals surface area contributed by atoms with E-state index in [1.54, 1.807) is 0 Å². The fraction of sp³-hybridized carbons (Fsp3) is 0.111. The van der Waals surface area contributed by atoms with Crippen molar-refractivity contribution < 1.29 is 13.6 Å². The number of carbonyl (C=O) groups is 1. The number of amides is 1. The van der Waals surface area contributed by atoms with E-state index in [0.29, 0.717) is 0 Å². The molecule has 14 heavy (non-hydrogen) atoms. The van der Waals surface area contributed by atoms with Gasteiger partial charge < -0.3 is 0 Å². The molecule has 1 N–H and O–H groups in total. The minimum atomic E-state index is -1.06. The largest absolute Gasteiger partial charge is 0.274 e. The molecule has 1 aromatic rings. The molecule has 0 aliphatic heterocycles. The number of halogens is 2. The molecule has 1 rings (SSSR count). The van der Waals surface area contributed by atoms with Crippen molar-refractivity contribution in [1.82, 2.24) is 5.32 Å². The monoisotopic (exact) mass is 196 g/mol. The Morgan fingerprint density at radius 2 is 2.21 bits per heavy atom. The molecule has 1 amide bonds. The van der Waals surface area contributed by atoms with Gasteiger partial charge in [0, 0.05) is 5.56 Å². The molecule has 0 aromatic heterocycles. The number of hydrogen-bond acceptors (Lipinski definition) is 2. The predicted molar refractivity (Wildman–Crippen MR) is 43.8 cm³/mol. The second-order valence-corrected chi connectivity index (χ2v) is 2.55. The standard InChI is InChI=1S/C9H6F2N2O/c10-7-3-1-2-6(9(7)11)4-8(14)13-5-12/h1-3H,4H2,(H,13,14). The summed E-state index contributed by atoms with van der Waals surface area (Å²) in [6.45, 7) is 0. The maximum atomic E-state index is 13.0. The van der Waals surface area contributed by atoms with Crippen molar-refractivity contribution >= 4 is 5.91 Å². The van der Waals surface area contributed by atoms with Gasteiger partial charge in [-0.05, 0) is 6.07 Å². The molecule has 0 saturated carbocycles. The lowest BCUT2D eigenvalue weighted by Gasteiger charge is -2.01. The van der Waals surface area contributed by atoms with Crippen LogP contribution in [0.25, 0.3) is 0 Å². The second-order valence-electron chi connectivity index (χ2n) is 2.55. The molecule has 1 aromatic carbocycles. The van der Waals surface area contributed by atoms with Crippen LogP contribution in [0.1, 0.15) is 5.56 Å². The van der Waals surface area contributed by atoms with Crippen molar-refractivity contribution in [3.8, 4) is 6.19 Å². The van der Waals surface area contributed by atoms with Crippen LogP contribution in [-0.4, -0.2) is 5.91 Å². The van der Waals surface area contributed by atoms with E-state index in [-0.39, 0.29) is 12.0 Å². The Morgan fingerprint density at radius 1 is 1.50 bits per heavy atom. The van der Waals surface area contributed by atoms with E-state index < -0.39 is 17.5 Å². The molecule has 0 radical (unpaired) electrons. The van der Waals surface area contributed by atoms with Gasteiger partial charge in [-0.1, -0.05) is 12.1 Å². The minimum absolute atomic E-state index is 0.0715. The first-order chi connectivity index (χ1) is 6.65. The summed E-state index contributed by atoms with van der Waals surface area (Å²) in [5, 5.41) is 9.91. The van der Waals surface area contributed by atoms with Gasteiger partial charge in [0.1, 0.15) is 0 Å². The number of carbonyl (C=O) groups excluding carboxylic acids is 1. The third kappa shape index (κ3) is 2.26. The fourth-order valence-electron chi connectivity index (χ4n) is 0.965. The van der Waals surface area contributed by atoms with Crippen LogP contribution in [0.3, 0.4) is 0 Å². The van der Waals surface area contributed by atoms with E-state index >= 15 is 0 Å². The van der Waals surface area contributed by atoms with Gasteiger partial charge in [0.25, 0.3) is 0 Å². The van der Waals surface area contributed by atoms with Crippen LogP contribution in [0.15, 0.2) is 18.2 Å². The first-order valence-electron chi connectivity index (χ1n) is 3.76. The van der Waals surface area contributed by atoms with E-state index in [1.807, 2.05) is 5.32 Å². The number of benzene rings is 1. The van der Waals surface area contributed by atoms with Crippen LogP contribution in [0, 0.1) is 23.1 Å². The lowest BCUT2D eigenvalue weighted by atomic mass is 10.1. The van der Waals surface area contributed by atoms with Crippen molar-refractivity contribution in [2.24, 2.45) is 0 Å². The Kier molecular flexibility index (Phi) is 3.13. The summed E-state index contributed by atoms with van der Waals surface area (Å²) >= 11 is 0. The maximum Gasteiger partial charge on any atom is 0.237 e. The smallest absolute Gasteiger partial charge is 0.237 e. The molecule has 0 aliphatic rings. The first kappa shape index (κ1) is 10.1. The van der Waals surface area contributed by atoms with Gasteiger partial charge in [-0.15, -0.1) is 0 Å². The summed E-state index contributed by atoms with van der Waals surface area (Å²) in [4.78, 5) is 10.9. The SMILES string of the molecule is N#CNC(=O)Cc1cccc(F)c1F. The average molecular weight is 196 g/mol. The van der Waals surface area contributed by atoms with Crippen LogP contribution in [0.4, 0.5) is 8.78 Å². The fourth-order valence-corrected chi connectivity index (χ4v) is 0.965. The Morgan fingerprint density at radius 3 is 2.86 bits per heavy atom. The molecule has 0 spiro atoms. The molecule has 0 unspecified atom stereocenters. The van der Waals surface area contributed by atoms with E-state index in [4.69, 9.17) is 5.26 Å². The van der Waals surface area contributed by atoms with Crippen molar-refractivity contribution in [2.45, 2.75) is 6.42 Å². The molecule has 5 heteroatoms. The van der Waals surface area contributed by atoms with Crippen LogP contribution < -0.4 is 5.32 Å². The summed E-state index contributed by atoms with van der Waals surface area (Å²) in [6.07, 6.45) is 1.06. The summed E-state index contributed by atoms with van der Waals surface area (Å²) in [6, 6.07) is 3.55. The quantitative estimate of drug-likeness (QED) is 0.569. The second kappa shape index (κ2) is 4.33. The topological polar surface area (TPSA) is 52.9 Å². The first-order valence-corrected chi connectivity index (χ1v) is 3.76. The zero-order valence-corrected chi connectivity index (χ0v) is 7.05. The number of rotatable bonds is 2. The van der Waals surface area contributed by atoms with E-state index in [2.05, 4.69) is 0 Å². The highest BCUT2D eigenvalue weighted by molar-refractivity contribution is 5.79. The minimum Gasteiger partial charge on any atom is -0.274 e. The molecule has 3 nitrogen and oxygen atoms in total. The van der Waals surface area contributed by atoms with Crippen molar-refractivity contribution in [3.05, 3.63) is 35.4 Å². The third-order valence-corrected chi connectivity index (χ3v) is 1.58. The van der Waals surface area contributed by atoms with Gasteiger partial charge >= 0.3 is 0 Å². The van der Waals surface area contributed by atoms with Crippen molar-refractivity contribution in [3.63, 3.8) is 0 Å². The average Bonchev–Trinajstić information content (AvgIpc) is 2.13. The maximum absolute atomic E-state index is 13.0. The molecular weight excluding hydrogens is 190 g/mol. The number of hydrogen-bond donors (Lipinski definition) is 1. The molecule has 0 fully saturated rings. The lowest BCUT2D eigenvalue weighted by molar-refractivity contribution is -0.119. The Balaban J connectivity index is 2.83. The van der Waals surface area contributed by atoms with E-state index in [1.165, 1.54) is 18.3 Å². The molecule has 0 saturated heterocycles. The molecule has 72 valence electrons. The van der Waals surface area contributed by atoms with Gasteiger partial charge in [-0.3, -0.25) is 10.1 Å². The highest BCUT2D eigenvalue weighted by atomic mass is 19.2. The van der Waals surface area contributed by atoms with Gasteiger partial charge in [-0.25, -0.2) is 8.78 Å². The van der Waals surface area contributed by atoms with Gasteiger partial charge in [-0.2, -0.15) is 5.26 Å². The van der Waals surface area contributed by atoms with Gasteiger partial charge in [0.2, 0.25) is 5.91 Å². The van der Waals surface area contributed by atoms with Crippen LogP contribution in [0.2, 0.25) is 0 Å². The van der Waals surface area contributed by atoms with E-state index in [9.17, 15) is 13.6 Å². The predicted octanol–water partition coefficient (Wildman–Crippen LogP) is 1.10. The Bertz CT molecular complexity index is 398. The summed E-state index contributed by atoms with van der Waals surface area (Å²) in [5.41, 5.74) is -0.0715. The summed E-state index contributed by atoms with van der Waals surface area (Å²) in [7, 11) is 0. The van der Waals surface area contributed by atoms with Crippen LogP contribution >= 0.6 is 0 Å². The highest BCUT2D eigenvalue weighted by Crippen LogP contribution is 2.11. The highest BCUT2D eigenvalue weighted by Gasteiger charge is 2.10.